The smallest absolute Gasteiger partial charge is 0.453 e. The third-order valence-corrected chi connectivity index (χ3v) is 9.26. The highest BCUT2D eigenvalue weighted by molar-refractivity contribution is 7.91. The van der Waals surface area contributed by atoms with Gasteiger partial charge in [0.15, 0.2) is 0 Å². The minimum atomic E-state index is -5.58. The monoisotopic (exact) mass is 635 g/mol. The molecule has 3 rings (SSSR count). The van der Waals surface area contributed by atoms with Crippen molar-refractivity contribution in [2.75, 3.05) is 31.6 Å². The molecule has 0 amide bonds. The fourth-order valence-corrected chi connectivity index (χ4v) is 6.65. The number of rotatable bonds is 16. The highest BCUT2D eigenvalue weighted by atomic mass is 32.2. The Hall–Kier alpha value is -2.24. The Balaban J connectivity index is 1.43. The molecule has 0 saturated heterocycles. The summed E-state index contributed by atoms with van der Waals surface area (Å²) in [4.78, 5) is 2.09. The van der Waals surface area contributed by atoms with Gasteiger partial charge in [0.1, 0.15) is 28.9 Å². The number of fused-ring (bicyclic) bond motifs is 1. The summed E-state index contributed by atoms with van der Waals surface area (Å²) in [5, 5.41) is 10.0. The van der Waals surface area contributed by atoms with Crippen LogP contribution < -0.4 is 0 Å². The van der Waals surface area contributed by atoms with Gasteiger partial charge >= 0.3 is 12.1 Å². The van der Waals surface area contributed by atoms with Gasteiger partial charge in [0, 0.05) is 25.5 Å². The molecule has 43 heavy (non-hydrogen) atoms. The van der Waals surface area contributed by atoms with E-state index < -0.39 is 47.8 Å². The zero-order valence-electron chi connectivity index (χ0n) is 24.4. The lowest BCUT2D eigenvalue weighted by molar-refractivity contribution is -0.284. The molecular weight excluding hydrogens is 595 g/mol. The number of hydrogen-bond acceptors (Lipinski definition) is 3. The maximum absolute atomic E-state index is 14.1. The van der Waals surface area contributed by atoms with Crippen molar-refractivity contribution in [2.24, 2.45) is 0 Å². The Morgan fingerprint density at radius 1 is 0.837 bits per heavy atom. The van der Waals surface area contributed by atoms with E-state index >= 15 is 0 Å². The molecule has 0 aliphatic heterocycles. The lowest BCUT2D eigenvalue weighted by Crippen LogP contribution is -2.36. The second-order valence-corrected chi connectivity index (χ2v) is 13.0. The van der Waals surface area contributed by atoms with Gasteiger partial charge in [0.2, 0.25) is 0 Å². The standard InChI is InChI=1S/C32H40F7NO2S/c1-40(16-8-18-43(42)17-7-14-31(35,36)32(37,38)39)15-5-3-2-4-10-30-28(24-19-25(33)22-26(34)20-24)11-6-9-23-21-27(41)12-13-29(23)30/h12-13,19-22,41H,2-11,14-18H2,1H3. The molecule has 240 valence electrons. The summed E-state index contributed by atoms with van der Waals surface area (Å²) in [6.45, 7) is 1.46. The van der Waals surface area contributed by atoms with Gasteiger partial charge in [-0.15, -0.1) is 0 Å². The first-order valence-electron chi connectivity index (χ1n) is 14.8. The minimum Gasteiger partial charge on any atom is -0.616 e. The summed E-state index contributed by atoms with van der Waals surface area (Å²) in [6, 6.07) is 8.92. The number of aryl methyl sites for hydroxylation is 1. The normalized spacial score (nSPS) is 15.1. The van der Waals surface area contributed by atoms with Crippen LogP contribution in [0.25, 0.3) is 11.1 Å². The maximum atomic E-state index is 14.1. The average molecular weight is 636 g/mol. The molecule has 1 aliphatic rings. The first-order valence-corrected chi connectivity index (χ1v) is 16.2. The third kappa shape index (κ3) is 11.0. The second-order valence-electron chi connectivity index (χ2n) is 11.3. The van der Waals surface area contributed by atoms with Crippen LogP contribution in [-0.4, -0.2) is 58.3 Å². The predicted octanol–water partition coefficient (Wildman–Crippen LogP) is 8.92. The first kappa shape index (κ1) is 35.2. The van der Waals surface area contributed by atoms with E-state index in [1.807, 2.05) is 13.1 Å². The summed E-state index contributed by atoms with van der Waals surface area (Å²) in [6.07, 6.45) is -0.0937. The highest BCUT2D eigenvalue weighted by Gasteiger charge is 2.56. The molecule has 0 saturated carbocycles. The van der Waals surface area contributed by atoms with E-state index in [2.05, 4.69) is 4.90 Å². The summed E-state index contributed by atoms with van der Waals surface area (Å²) in [5.41, 5.74) is 4.60. The number of unbranched alkanes of at least 4 members (excludes halogenated alkanes) is 3. The molecule has 0 spiro atoms. The number of aromatic hydroxyl groups is 1. The molecule has 2 aromatic rings. The third-order valence-electron chi connectivity index (χ3n) is 7.77. The molecule has 1 atom stereocenters. The predicted molar refractivity (Wildman–Crippen MR) is 158 cm³/mol. The van der Waals surface area contributed by atoms with Gasteiger partial charge in [-0.25, -0.2) is 8.78 Å². The van der Waals surface area contributed by atoms with Crippen molar-refractivity contribution in [1.82, 2.24) is 4.90 Å². The van der Waals surface area contributed by atoms with E-state index in [0.717, 1.165) is 79.8 Å². The first-order chi connectivity index (χ1) is 20.3. The molecule has 1 N–H and O–H groups in total. The minimum absolute atomic E-state index is 0.173. The molecule has 1 aliphatic carbocycles. The van der Waals surface area contributed by atoms with Crippen LogP contribution in [0.1, 0.15) is 80.9 Å². The molecule has 2 aromatic carbocycles. The Bertz CT molecular complexity index is 1200. The van der Waals surface area contributed by atoms with Gasteiger partial charge in [0.25, 0.3) is 0 Å². The zero-order chi connectivity index (χ0) is 31.6. The van der Waals surface area contributed by atoms with Crippen molar-refractivity contribution in [2.45, 2.75) is 82.7 Å². The van der Waals surface area contributed by atoms with Gasteiger partial charge in [-0.3, -0.25) is 0 Å². The topological polar surface area (TPSA) is 46.5 Å². The lowest BCUT2D eigenvalue weighted by Gasteiger charge is -2.20. The van der Waals surface area contributed by atoms with Crippen molar-refractivity contribution >= 4 is 22.3 Å². The SMILES string of the molecule is CN(CCCCCCC1=C(c2cc(F)cc(F)c2)CCCc2cc(O)ccc21)CCC[S+]([O-])CCCC(F)(F)C(F)(F)F. The van der Waals surface area contributed by atoms with Gasteiger partial charge < -0.3 is 14.6 Å². The van der Waals surface area contributed by atoms with Crippen LogP contribution in [0.15, 0.2) is 36.4 Å². The molecule has 1 unspecified atom stereocenters. The summed E-state index contributed by atoms with van der Waals surface area (Å²) >= 11 is -1.44. The van der Waals surface area contributed by atoms with E-state index in [9.17, 15) is 40.4 Å². The molecule has 11 heteroatoms. The van der Waals surface area contributed by atoms with E-state index in [-0.39, 0.29) is 17.3 Å². The summed E-state index contributed by atoms with van der Waals surface area (Å²) in [7, 11) is 1.93. The Morgan fingerprint density at radius 3 is 2.19 bits per heavy atom. The van der Waals surface area contributed by atoms with Gasteiger partial charge in [-0.05, 0) is 111 Å². The van der Waals surface area contributed by atoms with Crippen molar-refractivity contribution < 1.29 is 40.4 Å². The molecule has 0 bridgehead atoms. The number of alkyl halides is 5. The van der Waals surface area contributed by atoms with Crippen LogP contribution >= 0.6 is 0 Å². The Kier molecular flexibility index (Phi) is 13.3. The number of nitrogens with zero attached hydrogens (tertiary/aromatic N) is 1. The molecule has 0 heterocycles. The number of phenolic OH excluding ortho intramolecular Hbond substituents is 1. The molecule has 0 radical (unpaired) electrons. The van der Waals surface area contributed by atoms with Crippen LogP contribution in [0, 0.1) is 11.6 Å². The van der Waals surface area contributed by atoms with Crippen LogP contribution in [0.3, 0.4) is 0 Å². The largest absolute Gasteiger partial charge is 0.616 e. The second kappa shape index (κ2) is 16.2. The van der Waals surface area contributed by atoms with Crippen molar-refractivity contribution in [3.05, 3.63) is 64.7 Å². The quantitative estimate of drug-likeness (QED) is 0.114. The Labute approximate surface area is 252 Å². The number of phenols is 1. The summed E-state index contributed by atoms with van der Waals surface area (Å²) < 4.78 is 103. The van der Waals surface area contributed by atoms with Crippen LogP contribution in [0.4, 0.5) is 30.7 Å². The van der Waals surface area contributed by atoms with Gasteiger partial charge in [0.05, 0.1) is 0 Å². The van der Waals surface area contributed by atoms with Gasteiger partial charge in [-0.1, -0.05) is 30.1 Å². The average Bonchev–Trinajstić information content (AvgIpc) is 3.08. The van der Waals surface area contributed by atoms with Crippen LogP contribution in [0.2, 0.25) is 0 Å². The Morgan fingerprint density at radius 2 is 1.49 bits per heavy atom. The number of halogens is 7. The number of allylic oxidation sites excluding steroid dienone is 2. The van der Waals surface area contributed by atoms with E-state index in [4.69, 9.17) is 0 Å². The molecule has 0 fully saturated rings. The number of hydrogen-bond donors (Lipinski definition) is 1. The van der Waals surface area contributed by atoms with Crippen molar-refractivity contribution in [3.63, 3.8) is 0 Å². The maximum Gasteiger partial charge on any atom is 0.453 e. The van der Waals surface area contributed by atoms with E-state index in [1.54, 1.807) is 12.1 Å². The van der Waals surface area contributed by atoms with E-state index in [1.165, 1.54) is 12.1 Å². The fraction of sp³-hybridized carbons (Fsp3) is 0.562. The molecule has 0 aromatic heterocycles. The van der Waals surface area contributed by atoms with Gasteiger partial charge in [-0.2, -0.15) is 22.0 Å². The number of benzene rings is 2. The lowest BCUT2D eigenvalue weighted by atomic mass is 9.89. The highest BCUT2D eigenvalue weighted by Crippen LogP contribution is 2.40. The zero-order valence-corrected chi connectivity index (χ0v) is 25.2. The molecular formula is C32H40F7NO2S. The van der Waals surface area contributed by atoms with Crippen molar-refractivity contribution in [3.8, 4) is 5.75 Å². The van der Waals surface area contributed by atoms with Crippen LogP contribution in [-0.2, 0) is 17.6 Å². The fourth-order valence-electron chi connectivity index (χ4n) is 5.53. The summed E-state index contributed by atoms with van der Waals surface area (Å²) in [5.74, 6) is -5.70. The van der Waals surface area contributed by atoms with Crippen LogP contribution in [0.5, 0.6) is 5.75 Å². The molecule has 3 nitrogen and oxygen atoms in total. The van der Waals surface area contributed by atoms with E-state index in [0.29, 0.717) is 24.9 Å². The van der Waals surface area contributed by atoms with Crippen molar-refractivity contribution in [1.29, 1.82) is 0 Å².